The first-order valence-corrected chi connectivity index (χ1v) is 9.55. The molecule has 7 heteroatoms. The van der Waals surface area contributed by atoms with Crippen LogP contribution in [0.1, 0.15) is 27.9 Å². The summed E-state index contributed by atoms with van der Waals surface area (Å²) in [4.78, 5) is 29.6. The van der Waals surface area contributed by atoms with E-state index in [1.165, 1.54) is 0 Å². The van der Waals surface area contributed by atoms with E-state index in [1.807, 2.05) is 54.6 Å². The fourth-order valence-corrected chi connectivity index (χ4v) is 2.61. The molecule has 0 aliphatic carbocycles. The number of nitrogens with one attached hydrogen (secondary N) is 3. The van der Waals surface area contributed by atoms with Crippen LogP contribution < -0.4 is 16.0 Å². The van der Waals surface area contributed by atoms with Gasteiger partial charge in [-0.05, 0) is 23.3 Å². The largest absolute Gasteiger partial charge is 0.356 e. The van der Waals surface area contributed by atoms with Gasteiger partial charge in [-0.25, -0.2) is 0 Å². The fourth-order valence-electron chi connectivity index (χ4n) is 2.61. The molecule has 3 N–H and O–H groups in total. The van der Waals surface area contributed by atoms with Crippen LogP contribution in [0, 0.1) is 0 Å². The highest BCUT2D eigenvalue weighted by Crippen LogP contribution is 2.06. The lowest BCUT2D eigenvalue weighted by atomic mass is 10.1. The molecular formula is C22H29N5O2. The molecule has 0 aliphatic rings. The minimum Gasteiger partial charge on any atom is -0.356 e. The van der Waals surface area contributed by atoms with Crippen molar-refractivity contribution in [1.82, 2.24) is 20.9 Å². The van der Waals surface area contributed by atoms with Gasteiger partial charge in [0, 0.05) is 52.8 Å². The molecule has 0 unspecified atom stereocenters. The molecule has 2 rings (SSSR count). The summed E-state index contributed by atoms with van der Waals surface area (Å²) in [6, 6.07) is 17.3. The Kier molecular flexibility index (Phi) is 8.69. The zero-order valence-electron chi connectivity index (χ0n) is 17.2. The van der Waals surface area contributed by atoms with Crippen molar-refractivity contribution in [2.24, 2.45) is 4.99 Å². The second-order valence-electron chi connectivity index (χ2n) is 6.76. The van der Waals surface area contributed by atoms with Gasteiger partial charge < -0.3 is 20.9 Å². The summed E-state index contributed by atoms with van der Waals surface area (Å²) in [5.41, 5.74) is 2.76. The van der Waals surface area contributed by atoms with E-state index in [0.29, 0.717) is 37.6 Å². The molecule has 0 radical (unpaired) electrons. The molecule has 0 aromatic heterocycles. The molecule has 0 heterocycles. The third-order valence-corrected chi connectivity index (χ3v) is 4.27. The first-order valence-electron chi connectivity index (χ1n) is 9.55. The van der Waals surface area contributed by atoms with E-state index in [0.717, 1.165) is 11.1 Å². The Morgan fingerprint density at radius 1 is 0.862 bits per heavy atom. The van der Waals surface area contributed by atoms with Crippen molar-refractivity contribution in [2.75, 3.05) is 27.7 Å². The van der Waals surface area contributed by atoms with E-state index >= 15 is 0 Å². The van der Waals surface area contributed by atoms with Crippen molar-refractivity contribution >= 4 is 17.8 Å². The van der Waals surface area contributed by atoms with Gasteiger partial charge in [0.2, 0.25) is 5.91 Å². The SMILES string of the molecule is CN=C(NCCC(=O)NCc1ccccc1)NCc1ccc(C(=O)N(C)C)cc1. The number of aliphatic imine (C=N–C) groups is 1. The van der Waals surface area contributed by atoms with Crippen molar-refractivity contribution in [2.45, 2.75) is 19.5 Å². The Morgan fingerprint density at radius 2 is 1.48 bits per heavy atom. The average Bonchev–Trinajstić information content (AvgIpc) is 2.75. The standard InChI is InChI=1S/C22H29N5O2/c1-23-22(24-14-13-20(28)25-15-17-7-5-4-6-8-17)26-16-18-9-11-19(12-10-18)21(29)27(2)3/h4-12H,13-16H2,1-3H3,(H,25,28)(H2,23,24,26). The minimum atomic E-state index is -0.0208. The zero-order valence-corrected chi connectivity index (χ0v) is 17.2. The molecule has 0 spiro atoms. The summed E-state index contributed by atoms with van der Waals surface area (Å²) < 4.78 is 0. The molecule has 0 bridgehead atoms. The van der Waals surface area contributed by atoms with Gasteiger partial charge in [0.1, 0.15) is 0 Å². The van der Waals surface area contributed by atoms with Crippen molar-refractivity contribution in [1.29, 1.82) is 0 Å². The lowest BCUT2D eigenvalue weighted by molar-refractivity contribution is -0.121. The van der Waals surface area contributed by atoms with Gasteiger partial charge >= 0.3 is 0 Å². The zero-order chi connectivity index (χ0) is 21.1. The number of hydrogen-bond acceptors (Lipinski definition) is 3. The van der Waals surface area contributed by atoms with Gasteiger partial charge in [-0.3, -0.25) is 14.6 Å². The minimum absolute atomic E-state index is 0.0158. The maximum absolute atomic E-state index is 12.0. The summed E-state index contributed by atoms with van der Waals surface area (Å²) in [6.45, 7) is 1.58. The maximum Gasteiger partial charge on any atom is 0.253 e. The number of carbonyl (C=O) groups excluding carboxylic acids is 2. The van der Waals surface area contributed by atoms with E-state index in [2.05, 4.69) is 20.9 Å². The van der Waals surface area contributed by atoms with E-state index in [-0.39, 0.29) is 11.8 Å². The second kappa shape index (κ2) is 11.5. The molecular weight excluding hydrogens is 366 g/mol. The van der Waals surface area contributed by atoms with Crippen molar-refractivity contribution in [3.8, 4) is 0 Å². The summed E-state index contributed by atoms with van der Waals surface area (Å²) in [5, 5.41) is 9.23. The van der Waals surface area contributed by atoms with Crippen LogP contribution >= 0.6 is 0 Å². The first kappa shape index (κ1) is 21.9. The third-order valence-electron chi connectivity index (χ3n) is 4.27. The number of benzene rings is 2. The van der Waals surface area contributed by atoms with Gasteiger partial charge in [0.05, 0.1) is 0 Å². The quantitative estimate of drug-likeness (QED) is 0.470. The Labute approximate surface area is 172 Å². The van der Waals surface area contributed by atoms with Crippen LogP contribution in [0.15, 0.2) is 59.6 Å². The van der Waals surface area contributed by atoms with Crippen LogP contribution in [0.3, 0.4) is 0 Å². The Bertz CT molecular complexity index is 817. The highest BCUT2D eigenvalue weighted by Gasteiger charge is 2.07. The maximum atomic E-state index is 12.0. The van der Waals surface area contributed by atoms with Gasteiger partial charge in [0.25, 0.3) is 5.91 Å². The molecule has 2 aromatic rings. The monoisotopic (exact) mass is 395 g/mol. The topological polar surface area (TPSA) is 85.8 Å². The van der Waals surface area contributed by atoms with Gasteiger partial charge in [-0.15, -0.1) is 0 Å². The molecule has 154 valence electrons. The first-order chi connectivity index (χ1) is 14.0. The summed E-state index contributed by atoms with van der Waals surface area (Å²) in [7, 11) is 5.15. The molecule has 0 saturated heterocycles. The summed E-state index contributed by atoms with van der Waals surface area (Å²) in [6.07, 6.45) is 0.356. The van der Waals surface area contributed by atoms with Crippen molar-refractivity contribution < 1.29 is 9.59 Å². The fraction of sp³-hybridized carbons (Fsp3) is 0.318. The van der Waals surface area contributed by atoms with Crippen molar-refractivity contribution in [3.63, 3.8) is 0 Å². The van der Waals surface area contributed by atoms with Crippen LogP contribution in [0.4, 0.5) is 0 Å². The Balaban J connectivity index is 1.69. The Hall–Kier alpha value is -3.35. The number of hydrogen-bond donors (Lipinski definition) is 3. The highest BCUT2D eigenvalue weighted by atomic mass is 16.2. The molecule has 29 heavy (non-hydrogen) atoms. The molecule has 2 amide bonds. The van der Waals surface area contributed by atoms with Crippen LogP contribution in [0.2, 0.25) is 0 Å². The van der Waals surface area contributed by atoms with Crippen molar-refractivity contribution in [3.05, 3.63) is 71.3 Å². The number of guanidine groups is 1. The average molecular weight is 396 g/mol. The number of rotatable bonds is 8. The van der Waals surface area contributed by atoms with Crippen LogP contribution in [0.25, 0.3) is 0 Å². The normalized spacial score (nSPS) is 10.9. The summed E-state index contributed by atoms with van der Waals surface area (Å²) in [5.74, 6) is 0.583. The predicted molar refractivity (Wildman–Crippen MR) is 116 cm³/mol. The molecule has 0 fully saturated rings. The summed E-state index contributed by atoms with van der Waals surface area (Å²) >= 11 is 0. The smallest absolute Gasteiger partial charge is 0.253 e. The van der Waals surface area contributed by atoms with Crippen LogP contribution in [-0.4, -0.2) is 50.4 Å². The Morgan fingerprint density at radius 3 is 2.10 bits per heavy atom. The van der Waals surface area contributed by atoms with Gasteiger partial charge in [-0.1, -0.05) is 42.5 Å². The molecule has 7 nitrogen and oxygen atoms in total. The molecule has 0 saturated carbocycles. The number of amides is 2. The van der Waals surface area contributed by atoms with E-state index in [4.69, 9.17) is 0 Å². The third kappa shape index (κ3) is 7.65. The number of carbonyl (C=O) groups is 2. The second-order valence-corrected chi connectivity index (χ2v) is 6.76. The van der Waals surface area contributed by atoms with E-state index in [1.54, 1.807) is 26.0 Å². The molecule has 2 aromatic carbocycles. The predicted octanol–water partition coefficient (Wildman–Crippen LogP) is 1.76. The lowest BCUT2D eigenvalue weighted by Crippen LogP contribution is -2.38. The molecule has 0 atom stereocenters. The van der Waals surface area contributed by atoms with Crippen LogP contribution in [-0.2, 0) is 17.9 Å². The van der Waals surface area contributed by atoms with E-state index in [9.17, 15) is 9.59 Å². The number of nitrogens with zero attached hydrogens (tertiary/aromatic N) is 2. The highest BCUT2D eigenvalue weighted by molar-refractivity contribution is 5.93. The lowest BCUT2D eigenvalue weighted by Gasteiger charge is -2.13. The van der Waals surface area contributed by atoms with E-state index < -0.39 is 0 Å². The van der Waals surface area contributed by atoms with Gasteiger partial charge in [-0.2, -0.15) is 0 Å². The van der Waals surface area contributed by atoms with Crippen LogP contribution in [0.5, 0.6) is 0 Å². The van der Waals surface area contributed by atoms with Gasteiger partial charge in [0.15, 0.2) is 5.96 Å². The molecule has 0 aliphatic heterocycles.